The van der Waals surface area contributed by atoms with Gasteiger partial charge in [0.15, 0.2) is 11.6 Å². The average Bonchev–Trinajstić information content (AvgIpc) is 2.41. The maximum atomic E-state index is 13.5. The first-order chi connectivity index (χ1) is 9.27. The van der Waals surface area contributed by atoms with Gasteiger partial charge in [0, 0.05) is 32.0 Å². The van der Waals surface area contributed by atoms with Crippen LogP contribution in [0, 0.1) is 5.82 Å². The summed E-state index contributed by atoms with van der Waals surface area (Å²) in [7, 11) is 1.64. The summed E-state index contributed by atoms with van der Waals surface area (Å²) >= 11 is 0. The lowest BCUT2D eigenvalue weighted by atomic mass is 10.3. The van der Waals surface area contributed by atoms with Gasteiger partial charge in [-0.1, -0.05) is 0 Å². The predicted octanol–water partition coefficient (Wildman–Crippen LogP) is 2.69. The van der Waals surface area contributed by atoms with E-state index in [1.807, 2.05) is 6.92 Å². The lowest BCUT2D eigenvalue weighted by Crippen LogP contribution is -2.08. The van der Waals surface area contributed by atoms with Crippen LogP contribution in [0.3, 0.4) is 0 Å². The molecule has 1 rings (SSSR count). The zero-order valence-corrected chi connectivity index (χ0v) is 11.6. The number of methoxy groups -OCH3 is 1. The van der Waals surface area contributed by atoms with E-state index in [4.69, 9.17) is 14.2 Å². The third-order valence-corrected chi connectivity index (χ3v) is 2.46. The Balaban J connectivity index is 2.20. The highest BCUT2D eigenvalue weighted by atomic mass is 19.1. The quantitative estimate of drug-likeness (QED) is 0.664. The van der Waals surface area contributed by atoms with Crippen LogP contribution in [-0.4, -0.2) is 40.1 Å². The molecule has 0 saturated carbocycles. The average molecular weight is 271 g/mol. The van der Waals surface area contributed by atoms with E-state index in [1.165, 1.54) is 6.07 Å². The van der Waals surface area contributed by atoms with Gasteiger partial charge in [-0.2, -0.15) is 0 Å². The van der Waals surface area contributed by atoms with Crippen LogP contribution in [0.2, 0.25) is 0 Å². The molecule has 0 aliphatic carbocycles. The van der Waals surface area contributed by atoms with Crippen LogP contribution in [0.15, 0.2) is 18.2 Å². The Bertz CT molecular complexity index is 361. The molecule has 5 heteroatoms. The normalized spacial score (nSPS) is 10.5. The SMILES string of the molecule is CCOc1ccc(NCCCOCCOC)cc1F. The summed E-state index contributed by atoms with van der Waals surface area (Å²) in [6, 6.07) is 4.88. The first-order valence-corrected chi connectivity index (χ1v) is 6.50. The van der Waals surface area contributed by atoms with Gasteiger partial charge in [-0.3, -0.25) is 0 Å². The molecular formula is C14H22FNO3. The minimum absolute atomic E-state index is 0.288. The van der Waals surface area contributed by atoms with E-state index in [2.05, 4.69) is 5.32 Å². The first kappa shape index (κ1) is 15.7. The standard InChI is InChI=1S/C14H22FNO3/c1-3-19-14-6-5-12(11-13(14)15)16-7-4-8-18-10-9-17-2/h5-6,11,16H,3-4,7-10H2,1-2H3. The number of ether oxygens (including phenoxy) is 3. The summed E-state index contributed by atoms with van der Waals surface area (Å²) in [5, 5.41) is 3.14. The van der Waals surface area contributed by atoms with E-state index in [9.17, 15) is 4.39 Å². The van der Waals surface area contributed by atoms with Gasteiger partial charge in [-0.25, -0.2) is 4.39 Å². The van der Waals surface area contributed by atoms with Crippen molar-refractivity contribution in [3.05, 3.63) is 24.0 Å². The van der Waals surface area contributed by atoms with Gasteiger partial charge >= 0.3 is 0 Å². The maximum absolute atomic E-state index is 13.5. The maximum Gasteiger partial charge on any atom is 0.167 e. The van der Waals surface area contributed by atoms with Gasteiger partial charge in [0.2, 0.25) is 0 Å². The van der Waals surface area contributed by atoms with Crippen molar-refractivity contribution in [3.8, 4) is 5.75 Å². The van der Waals surface area contributed by atoms with Crippen LogP contribution in [-0.2, 0) is 9.47 Å². The Morgan fingerprint density at radius 3 is 2.74 bits per heavy atom. The molecule has 0 fully saturated rings. The topological polar surface area (TPSA) is 39.7 Å². The molecule has 1 aromatic rings. The molecule has 108 valence electrons. The van der Waals surface area contributed by atoms with E-state index in [0.29, 0.717) is 26.4 Å². The Morgan fingerprint density at radius 1 is 1.21 bits per heavy atom. The summed E-state index contributed by atoms with van der Waals surface area (Å²) in [5.41, 5.74) is 0.748. The monoisotopic (exact) mass is 271 g/mol. The molecule has 0 bridgehead atoms. The molecule has 1 aromatic carbocycles. The van der Waals surface area contributed by atoms with Gasteiger partial charge in [0.05, 0.1) is 19.8 Å². The van der Waals surface area contributed by atoms with Gasteiger partial charge < -0.3 is 19.5 Å². The van der Waals surface area contributed by atoms with E-state index < -0.39 is 0 Å². The molecule has 0 aliphatic rings. The van der Waals surface area contributed by atoms with Crippen molar-refractivity contribution in [2.75, 3.05) is 45.4 Å². The Morgan fingerprint density at radius 2 is 2.05 bits per heavy atom. The molecule has 0 saturated heterocycles. The summed E-state index contributed by atoms with van der Waals surface area (Å²) < 4.78 is 28.9. The molecule has 0 radical (unpaired) electrons. The van der Waals surface area contributed by atoms with E-state index in [0.717, 1.165) is 18.7 Å². The van der Waals surface area contributed by atoms with E-state index >= 15 is 0 Å². The number of anilines is 1. The zero-order valence-electron chi connectivity index (χ0n) is 11.6. The fourth-order valence-electron chi connectivity index (χ4n) is 1.53. The van der Waals surface area contributed by atoms with Crippen molar-refractivity contribution >= 4 is 5.69 Å². The molecule has 0 aromatic heterocycles. The summed E-state index contributed by atoms with van der Waals surface area (Å²) in [6.07, 6.45) is 0.860. The van der Waals surface area contributed by atoms with Crippen molar-refractivity contribution in [3.63, 3.8) is 0 Å². The van der Waals surface area contributed by atoms with Gasteiger partial charge in [0.1, 0.15) is 0 Å². The molecular weight excluding hydrogens is 249 g/mol. The van der Waals surface area contributed by atoms with Gasteiger partial charge in [0.25, 0.3) is 0 Å². The van der Waals surface area contributed by atoms with Crippen molar-refractivity contribution in [2.24, 2.45) is 0 Å². The Kier molecular flexibility index (Phi) is 7.93. The third-order valence-electron chi connectivity index (χ3n) is 2.46. The molecule has 0 amide bonds. The van der Waals surface area contributed by atoms with Crippen LogP contribution < -0.4 is 10.1 Å². The molecule has 4 nitrogen and oxygen atoms in total. The minimum Gasteiger partial charge on any atom is -0.491 e. The van der Waals surface area contributed by atoms with Crippen LogP contribution in [0.1, 0.15) is 13.3 Å². The number of hydrogen-bond donors (Lipinski definition) is 1. The van der Waals surface area contributed by atoms with Crippen molar-refractivity contribution in [1.82, 2.24) is 0 Å². The zero-order chi connectivity index (χ0) is 13.9. The molecule has 19 heavy (non-hydrogen) atoms. The second kappa shape index (κ2) is 9.58. The third kappa shape index (κ3) is 6.40. The van der Waals surface area contributed by atoms with Crippen LogP contribution in [0.4, 0.5) is 10.1 Å². The molecule has 0 heterocycles. The second-order valence-electron chi connectivity index (χ2n) is 3.96. The first-order valence-electron chi connectivity index (χ1n) is 6.50. The van der Waals surface area contributed by atoms with E-state index in [-0.39, 0.29) is 11.6 Å². The largest absolute Gasteiger partial charge is 0.491 e. The number of hydrogen-bond acceptors (Lipinski definition) is 4. The summed E-state index contributed by atoms with van der Waals surface area (Å²) in [4.78, 5) is 0. The number of halogens is 1. The predicted molar refractivity (Wildman–Crippen MR) is 73.4 cm³/mol. The van der Waals surface area contributed by atoms with Crippen LogP contribution >= 0.6 is 0 Å². The molecule has 0 spiro atoms. The van der Waals surface area contributed by atoms with Crippen molar-refractivity contribution in [1.29, 1.82) is 0 Å². The Labute approximate surface area is 113 Å². The highest BCUT2D eigenvalue weighted by molar-refractivity contribution is 5.47. The van der Waals surface area contributed by atoms with Crippen molar-refractivity contribution in [2.45, 2.75) is 13.3 Å². The summed E-state index contributed by atoms with van der Waals surface area (Å²) in [5.74, 6) is -0.0563. The highest BCUT2D eigenvalue weighted by Gasteiger charge is 2.03. The van der Waals surface area contributed by atoms with Crippen LogP contribution in [0.25, 0.3) is 0 Å². The molecule has 1 N–H and O–H groups in total. The lowest BCUT2D eigenvalue weighted by molar-refractivity contribution is 0.0705. The fourth-order valence-corrected chi connectivity index (χ4v) is 1.53. The molecule has 0 unspecified atom stereocenters. The fraction of sp³-hybridized carbons (Fsp3) is 0.571. The smallest absolute Gasteiger partial charge is 0.167 e. The minimum atomic E-state index is -0.344. The Hall–Kier alpha value is -1.33. The van der Waals surface area contributed by atoms with Crippen molar-refractivity contribution < 1.29 is 18.6 Å². The molecule has 0 aliphatic heterocycles. The highest BCUT2D eigenvalue weighted by Crippen LogP contribution is 2.20. The lowest BCUT2D eigenvalue weighted by Gasteiger charge is -2.09. The number of nitrogens with one attached hydrogen (secondary N) is 1. The number of rotatable bonds is 10. The van der Waals surface area contributed by atoms with Gasteiger partial charge in [-0.05, 0) is 25.5 Å². The van der Waals surface area contributed by atoms with E-state index in [1.54, 1.807) is 19.2 Å². The number of benzene rings is 1. The van der Waals surface area contributed by atoms with Gasteiger partial charge in [-0.15, -0.1) is 0 Å². The molecule has 0 atom stereocenters. The summed E-state index contributed by atoms with van der Waals surface area (Å²) in [6.45, 7) is 4.90. The van der Waals surface area contributed by atoms with Crippen LogP contribution in [0.5, 0.6) is 5.75 Å². The second-order valence-corrected chi connectivity index (χ2v) is 3.96.